The average molecular weight is 386 g/mol. The molecule has 0 saturated heterocycles. The molecule has 1 atom stereocenters. The minimum atomic E-state index is -0.400. The van der Waals surface area contributed by atoms with Crippen molar-refractivity contribution in [3.63, 3.8) is 0 Å². The number of anilines is 1. The van der Waals surface area contributed by atoms with Gasteiger partial charge in [-0.1, -0.05) is 11.3 Å². The Hall–Kier alpha value is -2.74. The largest absolute Gasteiger partial charge is 0.326 e. The first-order valence-electron chi connectivity index (χ1n) is 8.74. The molecule has 0 bridgehead atoms. The van der Waals surface area contributed by atoms with Crippen molar-refractivity contribution in [3.8, 4) is 0 Å². The maximum absolute atomic E-state index is 13.7. The molecule has 1 aromatic carbocycles. The highest BCUT2D eigenvalue weighted by molar-refractivity contribution is 7.07. The van der Waals surface area contributed by atoms with Crippen molar-refractivity contribution in [1.82, 2.24) is 14.3 Å². The van der Waals surface area contributed by atoms with Gasteiger partial charge >= 0.3 is 4.87 Å². The lowest BCUT2D eigenvalue weighted by Crippen LogP contribution is -2.29. The summed E-state index contributed by atoms with van der Waals surface area (Å²) in [5.41, 5.74) is 3.39. The van der Waals surface area contributed by atoms with Gasteiger partial charge in [0, 0.05) is 42.3 Å². The van der Waals surface area contributed by atoms with E-state index in [9.17, 15) is 14.0 Å². The highest BCUT2D eigenvalue weighted by Crippen LogP contribution is 2.27. The van der Waals surface area contributed by atoms with E-state index in [-0.39, 0.29) is 23.2 Å². The predicted molar refractivity (Wildman–Crippen MR) is 101 cm³/mol. The van der Waals surface area contributed by atoms with Gasteiger partial charge in [0.05, 0.1) is 12.7 Å². The summed E-state index contributed by atoms with van der Waals surface area (Å²) in [7, 11) is 1.88. The van der Waals surface area contributed by atoms with Gasteiger partial charge in [0.15, 0.2) is 0 Å². The first-order valence-corrected chi connectivity index (χ1v) is 9.62. The Morgan fingerprint density at radius 1 is 1.44 bits per heavy atom. The van der Waals surface area contributed by atoms with Crippen molar-refractivity contribution in [2.24, 2.45) is 13.0 Å². The minimum Gasteiger partial charge on any atom is -0.326 e. The molecule has 4 rings (SSSR count). The first-order chi connectivity index (χ1) is 13.0. The Kier molecular flexibility index (Phi) is 4.65. The summed E-state index contributed by atoms with van der Waals surface area (Å²) in [6.45, 7) is 0.215. The molecule has 1 N–H and O–H groups in total. The third-order valence-corrected chi connectivity index (χ3v) is 5.72. The summed E-state index contributed by atoms with van der Waals surface area (Å²) in [5, 5.41) is 8.88. The molecule has 2 heterocycles. The van der Waals surface area contributed by atoms with Crippen LogP contribution in [0.1, 0.15) is 23.2 Å². The Morgan fingerprint density at radius 2 is 2.30 bits per heavy atom. The normalized spacial score (nSPS) is 16.1. The van der Waals surface area contributed by atoms with Crippen LogP contribution in [0.15, 0.2) is 40.8 Å². The lowest BCUT2D eigenvalue weighted by molar-refractivity contribution is -0.120. The van der Waals surface area contributed by atoms with Crippen LogP contribution in [0.3, 0.4) is 0 Å². The van der Waals surface area contributed by atoms with Gasteiger partial charge in [-0.3, -0.25) is 14.3 Å². The topological polar surface area (TPSA) is 68.9 Å². The van der Waals surface area contributed by atoms with Crippen LogP contribution in [-0.2, 0) is 31.2 Å². The van der Waals surface area contributed by atoms with Gasteiger partial charge in [-0.05, 0) is 42.2 Å². The summed E-state index contributed by atoms with van der Waals surface area (Å²) in [6.07, 6.45) is 5.74. The molecule has 1 aliphatic rings. The van der Waals surface area contributed by atoms with E-state index in [0.717, 1.165) is 29.9 Å². The third-order valence-electron chi connectivity index (χ3n) is 5.03. The average Bonchev–Trinajstić information content (AvgIpc) is 3.23. The second kappa shape index (κ2) is 7.11. The number of thiazole rings is 1. The number of carbonyl (C=O) groups excluding carboxylic acids is 1. The Labute approximate surface area is 159 Å². The van der Waals surface area contributed by atoms with Crippen LogP contribution in [0.4, 0.5) is 10.1 Å². The molecule has 0 radical (unpaired) electrons. The van der Waals surface area contributed by atoms with Crippen molar-refractivity contribution in [1.29, 1.82) is 0 Å². The molecule has 3 aromatic rings. The van der Waals surface area contributed by atoms with Gasteiger partial charge in [0.2, 0.25) is 5.91 Å². The lowest BCUT2D eigenvalue weighted by Gasteiger charge is -2.22. The van der Waals surface area contributed by atoms with E-state index in [1.54, 1.807) is 17.6 Å². The standard InChI is InChI=1S/C19H19FN4O2S/c1-23-17-9-12(2-3-13(17)10-21-23)18(25)22-16-5-4-15(20)8-14(16)11-24-6-7-27-19(24)26/h4-8,10,12H,2-3,9,11H2,1H3,(H,22,25)/t12-/m1/s1. The molecule has 1 aliphatic carbocycles. The second-order valence-electron chi connectivity index (χ2n) is 6.77. The second-order valence-corrected chi connectivity index (χ2v) is 7.62. The third kappa shape index (κ3) is 3.57. The van der Waals surface area contributed by atoms with Gasteiger partial charge in [0.25, 0.3) is 0 Å². The zero-order valence-electron chi connectivity index (χ0n) is 14.8. The number of nitrogens with one attached hydrogen (secondary N) is 1. The van der Waals surface area contributed by atoms with Crippen LogP contribution in [-0.4, -0.2) is 20.3 Å². The molecule has 0 spiro atoms. The van der Waals surface area contributed by atoms with Crippen LogP contribution >= 0.6 is 11.3 Å². The van der Waals surface area contributed by atoms with E-state index in [1.165, 1.54) is 22.3 Å². The van der Waals surface area contributed by atoms with E-state index in [0.29, 0.717) is 17.7 Å². The van der Waals surface area contributed by atoms with E-state index in [2.05, 4.69) is 10.4 Å². The fraction of sp³-hybridized carbons (Fsp3) is 0.316. The summed E-state index contributed by atoms with van der Waals surface area (Å²) in [5.74, 6) is -0.648. The van der Waals surface area contributed by atoms with Crippen molar-refractivity contribution in [2.45, 2.75) is 25.8 Å². The highest BCUT2D eigenvalue weighted by atomic mass is 32.1. The number of fused-ring (bicyclic) bond motifs is 1. The van der Waals surface area contributed by atoms with Crippen molar-refractivity contribution >= 4 is 22.9 Å². The number of amides is 1. The quantitative estimate of drug-likeness (QED) is 0.749. The van der Waals surface area contributed by atoms with Gasteiger partial charge in [-0.2, -0.15) is 5.10 Å². The van der Waals surface area contributed by atoms with Crippen LogP contribution < -0.4 is 10.2 Å². The monoisotopic (exact) mass is 386 g/mol. The number of halogens is 1. The molecular formula is C19H19FN4O2S. The molecule has 2 aromatic heterocycles. The zero-order valence-corrected chi connectivity index (χ0v) is 15.6. The summed E-state index contributed by atoms with van der Waals surface area (Å²) < 4.78 is 17.1. The maximum Gasteiger partial charge on any atom is 0.307 e. The molecule has 1 amide bonds. The fourth-order valence-corrected chi connectivity index (χ4v) is 4.10. The van der Waals surface area contributed by atoms with Crippen LogP contribution in [0.25, 0.3) is 0 Å². The van der Waals surface area contributed by atoms with Gasteiger partial charge in [-0.15, -0.1) is 0 Å². The number of rotatable bonds is 4. The predicted octanol–water partition coefficient (Wildman–Crippen LogP) is 2.57. The van der Waals surface area contributed by atoms with E-state index in [1.807, 2.05) is 17.9 Å². The van der Waals surface area contributed by atoms with Crippen molar-refractivity contribution in [3.05, 3.63) is 68.3 Å². The van der Waals surface area contributed by atoms with Crippen LogP contribution in [0.5, 0.6) is 0 Å². The van der Waals surface area contributed by atoms with Crippen molar-refractivity contribution in [2.75, 3.05) is 5.32 Å². The van der Waals surface area contributed by atoms with Gasteiger partial charge in [0.1, 0.15) is 5.82 Å². The number of carbonyl (C=O) groups is 1. The van der Waals surface area contributed by atoms with Crippen LogP contribution in [0.2, 0.25) is 0 Å². The van der Waals surface area contributed by atoms with E-state index in [4.69, 9.17) is 0 Å². The number of aromatic nitrogens is 3. The SMILES string of the molecule is Cn1ncc2c1C[C@H](C(=O)Nc1ccc(F)cc1Cn1ccsc1=O)CC2. The fourth-order valence-electron chi connectivity index (χ4n) is 3.51. The van der Waals surface area contributed by atoms with Gasteiger partial charge in [-0.25, -0.2) is 4.39 Å². The summed E-state index contributed by atoms with van der Waals surface area (Å²) in [4.78, 5) is 24.5. The molecule has 8 heteroatoms. The number of benzene rings is 1. The molecule has 0 fully saturated rings. The van der Waals surface area contributed by atoms with Crippen LogP contribution in [0, 0.1) is 11.7 Å². The number of nitrogens with zero attached hydrogens (tertiary/aromatic N) is 3. The summed E-state index contributed by atoms with van der Waals surface area (Å²) in [6, 6.07) is 4.23. The summed E-state index contributed by atoms with van der Waals surface area (Å²) >= 11 is 1.08. The van der Waals surface area contributed by atoms with Crippen molar-refractivity contribution < 1.29 is 9.18 Å². The molecule has 0 unspecified atom stereocenters. The smallest absolute Gasteiger partial charge is 0.307 e. The molecular weight excluding hydrogens is 367 g/mol. The molecule has 27 heavy (non-hydrogen) atoms. The minimum absolute atomic E-state index is 0.0904. The molecule has 0 aliphatic heterocycles. The van der Waals surface area contributed by atoms with E-state index >= 15 is 0 Å². The lowest BCUT2D eigenvalue weighted by atomic mass is 9.87. The molecule has 0 saturated carbocycles. The molecule has 6 nitrogen and oxygen atoms in total. The Bertz CT molecular complexity index is 1050. The Balaban J connectivity index is 1.54. The number of hydrogen-bond acceptors (Lipinski definition) is 4. The highest BCUT2D eigenvalue weighted by Gasteiger charge is 2.27. The van der Waals surface area contributed by atoms with E-state index < -0.39 is 5.82 Å². The molecule has 140 valence electrons. The first kappa shape index (κ1) is 17.7. The zero-order chi connectivity index (χ0) is 19.0. The number of aryl methyl sites for hydroxylation is 2. The number of hydrogen-bond donors (Lipinski definition) is 1. The maximum atomic E-state index is 13.7. The van der Waals surface area contributed by atoms with Gasteiger partial charge < -0.3 is 9.88 Å². The Morgan fingerprint density at radius 3 is 3.07 bits per heavy atom.